The zero-order valence-electron chi connectivity index (χ0n) is 9.15. The molecule has 12 heavy (non-hydrogen) atoms. The molecule has 0 saturated heterocycles. The van der Waals surface area contributed by atoms with Gasteiger partial charge in [0.2, 0.25) is 0 Å². The Balaban J connectivity index is 2.38. The predicted molar refractivity (Wildman–Crippen MR) is 54.2 cm³/mol. The predicted octanol–water partition coefficient (Wildman–Crippen LogP) is 2.67. The Morgan fingerprint density at radius 1 is 1.50 bits per heavy atom. The van der Waals surface area contributed by atoms with Crippen molar-refractivity contribution in [3.05, 3.63) is 0 Å². The quantitative estimate of drug-likeness (QED) is 0.682. The van der Waals surface area contributed by atoms with Gasteiger partial charge in [-0.3, -0.25) is 0 Å². The van der Waals surface area contributed by atoms with E-state index in [1.807, 2.05) is 0 Å². The smallest absolute Gasteiger partial charge is 0.00923 e. The van der Waals surface area contributed by atoms with Crippen LogP contribution in [0.2, 0.25) is 0 Å². The molecule has 0 aromatic heterocycles. The van der Waals surface area contributed by atoms with Crippen LogP contribution in [0.15, 0.2) is 0 Å². The molecule has 1 rings (SSSR count). The number of rotatable bonds is 4. The molecule has 0 radical (unpaired) electrons. The first-order chi connectivity index (χ1) is 5.49. The zero-order valence-corrected chi connectivity index (χ0v) is 9.15. The van der Waals surface area contributed by atoms with Crippen LogP contribution in [0.25, 0.3) is 0 Å². The molecule has 3 atom stereocenters. The van der Waals surface area contributed by atoms with E-state index in [4.69, 9.17) is 0 Å². The summed E-state index contributed by atoms with van der Waals surface area (Å²) in [5, 5.41) is 3.42. The fourth-order valence-electron chi connectivity index (χ4n) is 2.10. The van der Waals surface area contributed by atoms with Gasteiger partial charge in [-0.05, 0) is 37.1 Å². The third-order valence-electron chi connectivity index (χ3n) is 3.66. The lowest BCUT2D eigenvalue weighted by Crippen LogP contribution is -2.33. The Labute approximate surface area is 76.9 Å². The van der Waals surface area contributed by atoms with E-state index in [0.29, 0.717) is 11.5 Å². The van der Waals surface area contributed by atoms with Gasteiger partial charge in [-0.25, -0.2) is 0 Å². The Morgan fingerprint density at radius 2 is 2.00 bits per heavy atom. The minimum atomic E-state index is 0.651. The van der Waals surface area contributed by atoms with Gasteiger partial charge in [0.25, 0.3) is 0 Å². The second kappa shape index (κ2) is 3.37. The second-order valence-corrected chi connectivity index (χ2v) is 5.10. The van der Waals surface area contributed by atoms with Crippen molar-refractivity contribution in [2.45, 2.75) is 46.6 Å². The van der Waals surface area contributed by atoms with Crippen LogP contribution < -0.4 is 5.32 Å². The van der Waals surface area contributed by atoms with Gasteiger partial charge in [0.1, 0.15) is 0 Å². The fraction of sp³-hybridized carbons (Fsp3) is 1.00. The maximum atomic E-state index is 3.42. The molecule has 0 aliphatic heterocycles. The summed E-state index contributed by atoms with van der Waals surface area (Å²) in [6.45, 7) is 9.40. The summed E-state index contributed by atoms with van der Waals surface area (Å²) in [6, 6.07) is 0.708. The maximum absolute atomic E-state index is 3.42. The molecule has 1 aliphatic carbocycles. The molecule has 0 bridgehead atoms. The molecule has 0 aromatic carbocycles. The van der Waals surface area contributed by atoms with Crippen LogP contribution in [0.3, 0.4) is 0 Å². The largest absolute Gasteiger partial charge is 0.317 e. The highest BCUT2D eigenvalue weighted by atomic mass is 14.9. The van der Waals surface area contributed by atoms with E-state index in [1.165, 1.54) is 12.8 Å². The van der Waals surface area contributed by atoms with Gasteiger partial charge in [0.15, 0.2) is 0 Å². The van der Waals surface area contributed by atoms with Crippen LogP contribution in [0, 0.1) is 17.3 Å². The van der Waals surface area contributed by atoms with Crippen molar-refractivity contribution >= 4 is 0 Å². The molecule has 3 unspecified atom stereocenters. The molecule has 0 spiro atoms. The van der Waals surface area contributed by atoms with E-state index in [2.05, 4.69) is 40.1 Å². The van der Waals surface area contributed by atoms with Crippen molar-refractivity contribution < 1.29 is 0 Å². The molecule has 72 valence electrons. The van der Waals surface area contributed by atoms with Crippen LogP contribution in [-0.2, 0) is 0 Å². The molecule has 1 fully saturated rings. The van der Waals surface area contributed by atoms with Gasteiger partial charge in [0.05, 0.1) is 0 Å². The van der Waals surface area contributed by atoms with Crippen LogP contribution in [0.1, 0.15) is 40.5 Å². The maximum Gasteiger partial charge on any atom is 0.00923 e. The Hall–Kier alpha value is -0.0400. The molecule has 1 saturated carbocycles. The van der Waals surface area contributed by atoms with Crippen molar-refractivity contribution in [2.75, 3.05) is 7.05 Å². The third-order valence-corrected chi connectivity index (χ3v) is 3.66. The van der Waals surface area contributed by atoms with Crippen LogP contribution in [-0.4, -0.2) is 13.1 Å². The molecular formula is C11H23N. The second-order valence-electron chi connectivity index (χ2n) is 5.10. The zero-order chi connectivity index (χ0) is 9.35. The summed E-state index contributed by atoms with van der Waals surface area (Å²) >= 11 is 0. The topological polar surface area (TPSA) is 12.0 Å². The van der Waals surface area contributed by atoms with Crippen molar-refractivity contribution in [1.29, 1.82) is 0 Å². The van der Waals surface area contributed by atoms with E-state index < -0.39 is 0 Å². The molecule has 1 aliphatic rings. The van der Waals surface area contributed by atoms with Gasteiger partial charge in [0, 0.05) is 6.04 Å². The molecule has 1 heteroatoms. The van der Waals surface area contributed by atoms with Gasteiger partial charge < -0.3 is 5.32 Å². The summed E-state index contributed by atoms with van der Waals surface area (Å²) in [6.07, 6.45) is 2.78. The summed E-state index contributed by atoms with van der Waals surface area (Å²) in [4.78, 5) is 0. The van der Waals surface area contributed by atoms with Crippen molar-refractivity contribution in [1.82, 2.24) is 5.32 Å². The van der Waals surface area contributed by atoms with Gasteiger partial charge in [-0.15, -0.1) is 0 Å². The summed E-state index contributed by atoms with van der Waals surface area (Å²) < 4.78 is 0. The number of hydrogen-bond donors (Lipinski definition) is 1. The normalized spacial score (nSPS) is 37.0. The molecule has 1 nitrogen and oxygen atoms in total. The first-order valence-electron chi connectivity index (χ1n) is 5.17. The van der Waals surface area contributed by atoms with Crippen molar-refractivity contribution in [3.8, 4) is 0 Å². The minimum Gasteiger partial charge on any atom is -0.317 e. The Morgan fingerprint density at radius 3 is 2.25 bits per heavy atom. The highest BCUT2D eigenvalue weighted by molar-refractivity contribution is 4.98. The molecular weight excluding hydrogens is 146 g/mol. The Bertz CT molecular complexity index is 153. The van der Waals surface area contributed by atoms with Gasteiger partial charge >= 0.3 is 0 Å². The third kappa shape index (κ3) is 2.01. The van der Waals surface area contributed by atoms with Crippen LogP contribution in [0.5, 0.6) is 0 Å². The lowest BCUT2D eigenvalue weighted by Gasteiger charge is -2.24. The monoisotopic (exact) mass is 169 g/mol. The number of nitrogens with one attached hydrogen (secondary N) is 1. The fourth-order valence-corrected chi connectivity index (χ4v) is 2.10. The van der Waals surface area contributed by atoms with Crippen molar-refractivity contribution in [3.63, 3.8) is 0 Å². The average Bonchev–Trinajstić information content (AvgIpc) is 2.55. The van der Waals surface area contributed by atoms with E-state index in [1.54, 1.807) is 0 Å². The first kappa shape index (κ1) is 10.0. The van der Waals surface area contributed by atoms with Gasteiger partial charge in [-0.2, -0.15) is 0 Å². The standard InChI is InChI=1S/C11H23N/c1-8(2)10(12-5)7-11(4)6-9(11)3/h8-10,12H,6-7H2,1-5H3. The van der Waals surface area contributed by atoms with E-state index in [-0.39, 0.29) is 0 Å². The Kier molecular flexibility index (Phi) is 2.82. The first-order valence-corrected chi connectivity index (χ1v) is 5.17. The molecule has 0 heterocycles. The summed E-state index contributed by atoms with van der Waals surface area (Å²) in [7, 11) is 2.08. The lowest BCUT2D eigenvalue weighted by atomic mass is 9.90. The van der Waals surface area contributed by atoms with Crippen LogP contribution in [0.4, 0.5) is 0 Å². The van der Waals surface area contributed by atoms with Crippen molar-refractivity contribution in [2.24, 2.45) is 17.3 Å². The lowest BCUT2D eigenvalue weighted by molar-refractivity contribution is 0.321. The number of hydrogen-bond acceptors (Lipinski definition) is 1. The highest BCUT2D eigenvalue weighted by Crippen LogP contribution is 2.55. The van der Waals surface area contributed by atoms with Gasteiger partial charge in [-0.1, -0.05) is 27.7 Å². The van der Waals surface area contributed by atoms with E-state index >= 15 is 0 Å². The SMILES string of the molecule is CNC(CC1(C)CC1C)C(C)C. The molecule has 1 N–H and O–H groups in total. The van der Waals surface area contributed by atoms with E-state index in [9.17, 15) is 0 Å². The molecule has 0 amide bonds. The summed E-state index contributed by atoms with van der Waals surface area (Å²) in [5.74, 6) is 1.71. The summed E-state index contributed by atoms with van der Waals surface area (Å²) in [5.41, 5.74) is 0.651. The molecule has 0 aromatic rings. The highest BCUT2D eigenvalue weighted by Gasteiger charge is 2.47. The van der Waals surface area contributed by atoms with Crippen LogP contribution >= 0.6 is 0 Å². The average molecular weight is 169 g/mol. The minimum absolute atomic E-state index is 0.651. The van der Waals surface area contributed by atoms with E-state index in [0.717, 1.165) is 11.8 Å².